The Kier molecular flexibility index (Phi) is 5.30. The van der Waals surface area contributed by atoms with Crippen LogP contribution in [0.2, 0.25) is 0 Å². The summed E-state index contributed by atoms with van der Waals surface area (Å²) in [7, 11) is 1.77. The van der Waals surface area contributed by atoms with Crippen LogP contribution >= 0.6 is 0 Å². The van der Waals surface area contributed by atoms with E-state index in [4.69, 9.17) is 4.74 Å². The highest BCUT2D eigenvalue weighted by Gasteiger charge is 2.10. The van der Waals surface area contributed by atoms with E-state index in [1.807, 2.05) is 0 Å². The molecule has 1 aromatic carbocycles. The van der Waals surface area contributed by atoms with Gasteiger partial charge in [-0.05, 0) is 24.1 Å². The van der Waals surface area contributed by atoms with Crippen molar-refractivity contribution in [2.45, 2.75) is 13.8 Å². The molecule has 0 spiro atoms. The van der Waals surface area contributed by atoms with E-state index >= 15 is 0 Å². The summed E-state index contributed by atoms with van der Waals surface area (Å²) >= 11 is 0. The Balaban J connectivity index is 2.01. The van der Waals surface area contributed by atoms with Crippen molar-refractivity contribution >= 4 is 11.7 Å². The Morgan fingerprint density at radius 3 is 2.68 bits per heavy atom. The number of anilines is 1. The quantitative estimate of drug-likeness (QED) is 0.919. The van der Waals surface area contributed by atoms with Crippen LogP contribution in [0.3, 0.4) is 0 Å². The van der Waals surface area contributed by atoms with Crippen LogP contribution in [-0.4, -0.2) is 34.5 Å². The molecule has 116 valence electrons. The molecule has 6 nitrogen and oxygen atoms in total. The van der Waals surface area contributed by atoms with Crippen LogP contribution in [0.5, 0.6) is 11.8 Å². The Hall–Kier alpha value is -2.63. The second-order valence-corrected chi connectivity index (χ2v) is 5.37. The molecule has 0 aliphatic carbocycles. The summed E-state index contributed by atoms with van der Waals surface area (Å²) in [5.74, 6) is 0.983. The van der Waals surface area contributed by atoms with Crippen LogP contribution in [0.1, 0.15) is 13.8 Å². The van der Waals surface area contributed by atoms with Crippen LogP contribution in [0.4, 0.5) is 10.5 Å². The van der Waals surface area contributed by atoms with Gasteiger partial charge in [0.1, 0.15) is 5.75 Å². The number of carbonyl (C=O) groups is 1. The van der Waals surface area contributed by atoms with E-state index in [1.165, 1.54) is 0 Å². The topological polar surface area (TPSA) is 67.4 Å². The van der Waals surface area contributed by atoms with Gasteiger partial charge < -0.3 is 15.0 Å². The summed E-state index contributed by atoms with van der Waals surface area (Å²) in [5.41, 5.74) is 0.661. The van der Waals surface area contributed by atoms with Gasteiger partial charge in [-0.2, -0.15) is 0 Å². The minimum absolute atomic E-state index is 0.151. The molecule has 0 saturated carbocycles. The average Bonchev–Trinajstić information content (AvgIpc) is 2.48. The standard InChI is InChI=1S/C16H20N4O2/c1-12(2)11-20(3)16(21)19-13-6-4-7-14(10-13)22-15-17-8-5-9-18-15/h4-10,12H,11H2,1-3H3,(H,19,21). The van der Waals surface area contributed by atoms with Crippen molar-refractivity contribution < 1.29 is 9.53 Å². The molecule has 0 aliphatic rings. The molecule has 1 heterocycles. The number of ether oxygens (including phenoxy) is 1. The van der Waals surface area contributed by atoms with Crippen LogP contribution in [0.15, 0.2) is 42.7 Å². The Labute approximate surface area is 130 Å². The number of amides is 2. The summed E-state index contributed by atoms with van der Waals surface area (Å²) in [6, 6.07) is 8.95. The summed E-state index contributed by atoms with van der Waals surface area (Å²) in [5, 5.41) is 2.84. The first-order valence-electron chi connectivity index (χ1n) is 7.11. The molecule has 22 heavy (non-hydrogen) atoms. The van der Waals surface area contributed by atoms with Gasteiger partial charge in [0.2, 0.25) is 0 Å². The maximum atomic E-state index is 12.1. The normalized spacial score (nSPS) is 10.4. The molecule has 2 rings (SSSR count). The fourth-order valence-electron chi connectivity index (χ4n) is 1.93. The van der Waals surface area contributed by atoms with Crippen molar-refractivity contribution in [1.82, 2.24) is 14.9 Å². The van der Waals surface area contributed by atoms with Crippen LogP contribution in [0.25, 0.3) is 0 Å². The molecule has 0 saturated heterocycles. The lowest BCUT2D eigenvalue weighted by molar-refractivity contribution is 0.217. The Morgan fingerprint density at radius 2 is 2.00 bits per heavy atom. The molecular formula is C16H20N4O2. The third-order valence-corrected chi connectivity index (χ3v) is 2.82. The number of nitrogens with one attached hydrogen (secondary N) is 1. The zero-order valence-electron chi connectivity index (χ0n) is 13.0. The van der Waals surface area contributed by atoms with Gasteiger partial charge in [-0.25, -0.2) is 14.8 Å². The average molecular weight is 300 g/mol. The van der Waals surface area contributed by atoms with E-state index in [0.717, 1.165) is 0 Å². The predicted molar refractivity (Wildman–Crippen MR) is 85.0 cm³/mol. The molecule has 2 amide bonds. The lowest BCUT2D eigenvalue weighted by Crippen LogP contribution is -2.34. The maximum absolute atomic E-state index is 12.1. The van der Waals surface area contributed by atoms with E-state index in [9.17, 15) is 4.79 Å². The maximum Gasteiger partial charge on any atom is 0.321 e. The highest BCUT2D eigenvalue weighted by atomic mass is 16.5. The van der Waals surface area contributed by atoms with Crippen LogP contribution in [0, 0.1) is 5.92 Å². The van der Waals surface area contributed by atoms with Crippen LogP contribution in [-0.2, 0) is 0 Å². The highest BCUT2D eigenvalue weighted by Crippen LogP contribution is 2.21. The smallest absolute Gasteiger partial charge is 0.321 e. The van der Waals surface area contributed by atoms with Gasteiger partial charge in [0.05, 0.1) is 0 Å². The number of benzene rings is 1. The van der Waals surface area contributed by atoms with Gasteiger partial charge in [-0.15, -0.1) is 0 Å². The summed E-state index contributed by atoms with van der Waals surface area (Å²) in [6.45, 7) is 4.83. The van der Waals surface area contributed by atoms with Gasteiger partial charge in [-0.3, -0.25) is 0 Å². The van der Waals surface area contributed by atoms with Crippen molar-refractivity contribution in [3.63, 3.8) is 0 Å². The first-order valence-corrected chi connectivity index (χ1v) is 7.11. The largest absolute Gasteiger partial charge is 0.424 e. The van der Waals surface area contributed by atoms with E-state index in [-0.39, 0.29) is 12.0 Å². The van der Waals surface area contributed by atoms with Crippen molar-refractivity contribution in [2.24, 2.45) is 5.92 Å². The third kappa shape index (κ3) is 4.73. The predicted octanol–water partition coefficient (Wildman–Crippen LogP) is 3.39. The van der Waals surface area contributed by atoms with Crippen molar-refractivity contribution in [3.8, 4) is 11.8 Å². The monoisotopic (exact) mass is 300 g/mol. The Morgan fingerprint density at radius 1 is 1.27 bits per heavy atom. The summed E-state index contributed by atoms with van der Waals surface area (Å²) in [6.07, 6.45) is 3.21. The number of nitrogens with zero attached hydrogens (tertiary/aromatic N) is 3. The number of rotatable bonds is 5. The fourth-order valence-corrected chi connectivity index (χ4v) is 1.93. The van der Waals surface area contributed by atoms with Crippen molar-refractivity contribution in [1.29, 1.82) is 0 Å². The minimum atomic E-state index is -0.151. The molecule has 2 aromatic rings. The highest BCUT2D eigenvalue weighted by molar-refractivity contribution is 5.89. The molecule has 1 aromatic heterocycles. The number of urea groups is 1. The molecule has 0 fully saturated rings. The van der Waals surface area contributed by atoms with E-state index in [2.05, 4.69) is 29.1 Å². The summed E-state index contributed by atoms with van der Waals surface area (Å²) < 4.78 is 5.54. The molecule has 0 atom stereocenters. The molecule has 1 N–H and O–H groups in total. The minimum Gasteiger partial charge on any atom is -0.424 e. The first kappa shape index (κ1) is 15.8. The molecular weight excluding hydrogens is 280 g/mol. The fraction of sp³-hybridized carbons (Fsp3) is 0.312. The van der Waals surface area contributed by atoms with Gasteiger partial charge in [0.25, 0.3) is 0 Å². The number of hydrogen-bond donors (Lipinski definition) is 1. The molecule has 0 unspecified atom stereocenters. The molecule has 0 aliphatic heterocycles. The van der Waals surface area contributed by atoms with E-state index in [1.54, 1.807) is 54.7 Å². The van der Waals surface area contributed by atoms with Gasteiger partial charge in [0.15, 0.2) is 0 Å². The van der Waals surface area contributed by atoms with Crippen LogP contribution < -0.4 is 10.1 Å². The zero-order valence-corrected chi connectivity index (χ0v) is 13.0. The lowest BCUT2D eigenvalue weighted by atomic mass is 10.2. The van der Waals surface area contributed by atoms with E-state index in [0.29, 0.717) is 23.9 Å². The Bertz CT molecular complexity index is 617. The lowest BCUT2D eigenvalue weighted by Gasteiger charge is -2.20. The second-order valence-electron chi connectivity index (χ2n) is 5.37. The van der Waals surface area contributed by atoms with Gasteiger partial charge >= 0.3 is 12.0 Å². The first-order chi connectivity index (χ1) is 10.5. The SMILES string of the molecule is CC(C)CN(C)C(=O)Nc1cccc(Oc2ncccn2)c1. The van der Waals surface area contributed by atoms with E-state index < -0.39 is 0 Å². The van der Waals surface area contributed by atoms with Gasteiger partial charge in [0, 0.05) is 37.7 Å². The number of carbonyl (C=O) groups excluding carboxylic acids is 1. The molecule has 0 radical (unpaired) electrons. The van der Waals surface area contributed by atoms with Crippen molar-refractivity contribution in [2.75, 3.05) is 18.9 Å². The summed E-state index contributed by atoms with van der Waals surface area (Å²) in [4.78, 5) is 21.7. The third-order valence-electron chi connectivity index (χ3n) is 2.82. The van der Waals surface area contributed by atoms with Gasteiger partial charge in [-0.1, -0.05) is 19.9 Å². The molecule has 0 bridgehead atoms. The number of aromatic nitrogens is 2. The molecule has 6 heteroatoms. The second kappa shape index (κ2) is 7.40. The van der Waals surface area contributed by atoms with Crippen molar-refractivity contribution in [3.05, 3.63) is 42.7 Å². The number of hydrogen-bond acceptors (Lipinski definition) is 4. The zero-order chi connectivity index (χ0) is 15.9.